The molecule has 0 radical (unpaired) electrons. The van der Waals surface area contributed by atoms with Crippen molar-refractivity contribution in [2.45, 2.75) is 26.3 Å². The van der Waals surface area contributed by atoms with Crippen LogP contribution >= 0.6 is 0 Å². The molecular weight excluding hydrogens is 356 g/mol. The highest BCUT2D eigenvalue weighted by Crippen LogP contribution is 2.32. The summed E-state index contributed by atoms with van der Waals surface area (Å²) in [4.78, 5) is 25.2. The van der Waals surface area contributed by atoms with Gasteiger partial charge < -0.3 is 20.1 Å². The van der Waals surface area contributed by atoms with E-state index >= 15 is 0 Å². The maximum absolute atomic E-state index is 12.8. The van der Waals surface area contributed by atoms with Gasteiger partial charge in [0.15, 0.2) is 0 Å². The molecule has 1 aliphatic heterocycles. The second-order valence-corrected chi connectivity index (χ2v) is 6.36. The van der Waals surface area contributed by atoms with Gasteiger partial charge >= 0.3 is 12.0 Å². The number of aryl methyl sites for hydroxylation is 1. The molecule has 0 aliphatic carbocycles. The highest BCUT2D eigenvalue weighted by atomic mass is 16.5. The molecule has 2 aromatic carbocycles. The van der Waals surface area contributed by atoms with Crippen molar-refractivity contribution < 1.29 is 19.1 Å². The van der Waals surface area contributed by atoms with Crippen LogP contribution in [0.1, 0.15) is 36.6 Å². The molecule has 6 heteroatoms. The van der Waals surface area contributed by atoms with Crippen LogP contribution in [0.3, 0.4) is 0 Å². The molecule has 1 aliphatic rings. The maximum atomic E-state index is 12.8. The lowest BCUT2D eigenvalue weighted by Gasteiger charge is -2.29. The van der Waals surface area contributed by atoms with Gasteiger partial charge in [-0.25, -0.2) is 9.59 Å². The number of carbonyl (C=O) groups is 2. The topological polar surface area (TPSA) is 76.7 Å². The monoisotopic (exact) mass is 380 g/mol. The van der Waals surface area contributed by atoms with E-state index in [9.17, 15) is 9.59 Å². The molecule has 0 fully saturated rings. The predicted molar refractivity (Wildman–Crippen MR) is 107 cm³/mol. The third-order valence-corrected chi connectivity index (χ3v) is 4.67. The number of hydrogen-bond acceptors (Lipinski definition) is 4. The fraction of sp³-hybridized carbons (Fsp3) is 0.273. The zero-order valence-electron chi connectivity index (χ0n) is 16.2. The number of carbonyl (C=O) groups excluding carboxylic acids is 2. The standard InChI is InChI=1S/C22H24N2O4/c1-4-14-6-8-15(9-7-14)19-18(21(25)28-5-2)20(24-22(26)23-19)16-10-12-17(27-3)13-11-16/h6-13,19H,4-5H2,1-3H3,(H2,23,24,26). The minimum atomic E-state index is -0.601. The Balaban J connectivity index is 2.12. The van der Waals surface area contributed by atoms with Crippen molar-refractivity contribution in [2.24, 2.45) is 0 Å². The fourth-order valence-electron chi connectivity index (χ4n) is 3.17. The normalized spacial score (nSPS) is 16.2. The summed E-state index contributed by atoms with van der Waals surface area (Å²) < 4.78 is 10.5. The zero-order valence-corrected chi connectivity index (χ0v) is 16.2. The third-order valence-electron chi connectivity index (χ3n) is 4.67. The molecule has 2 aromatic rings. The molecule has 0 saturated carbocycles. The van der Waals surface area contributed by atoms with Gasteiger partial charge in [0, 0.05) is 0 Å². The predicted octanol–water partition coefficient (Wildman–Crippen LogP) is 3.59. The number of benzene rings is 2. The van der Waals surface area contributed by atoms with Crippen molar-refractivity contribution in [3.8, 4) is 5.75 Å². The van der Waals surface area contributed by atoms with Gasteiger partial charge in [-0.1, -0.05) is 31.2 Å². The van der Waals surface area contributed by atoms with Crippen molar-refractivity contribution >= 4 is 17.7 Å². The molecule has 0 bridgehead atoms. The Labute approximate surface area is 164 Å². The van der Waals surface area contributed by atoms with Gasteiger partial charge in [0.1, 0.15) is 5.75 Å². The van der Waals surface area contributed by atoms with Gasteiger partial charge in [-0.05, 0) is 54.3 Å². The first-order chi connectivity index (χ1) is 13.6. The Bertz CT molecular complexity index is 886. The number of nitrogens with one attached hydrogen (secondary N) is 2. The number of rotatable bonds is 6. The van der Waals surface area contributed by atoms with Crippen LogP contribution < -0.4 is 15.4 Å². The van der Waals surface area contributed by atoms with Crippen LogP contribution in [0.2, 0.25) is 0 Å². The lowest BCUT2D eigenvalue weighted by molar-refractivity contribution is -0.138. The largest absolute Gasteiger partial charge is 0.497 e. The van der Waals surface area contributed by atoms with Crippen LogP contribution in [0.25, 0.3) is 5.70 Å². The molecule has 1 heterocycles. The molecule has 0 spiro atoms. The Morgan fingerprint density at radius 2 is 1.71 bits per heavy atom. The quantitative estimate of drug-likeness (QED) is 0.751. The van der Waals surface area contributed by atoms with E-state index in [1.165, 1.54) is 5.56 Å². The Morgan fingerprint density at radius 3 is 2.29 bits per heavy atom. The van der Waals surface area contributed by atoms with Crippen LogP contribution in [0, 0.1) is 0 Å². The van der Waals surface area contributed by atoms with Crippen LogP contribution in [0.15, 0.2) is 54.1 Å². The fourth-order valence-corrected chi connectivity index (χ4v) is 3.17. The van der Waals surface area contributed by atoms with E-state index in [4.69, 9.17) is 9.47 Å². The average Bonchev–Trinajstić information content (AvgIpc) is 2.73. The van der Waals surface area contributed by atoms with Crippen molar-refractivity contribution in [1.29, 1.82) is 0 Å². The first-order valence-electron chi connectivity index (χ1n) is 9.29. The molecule has 146 valence electrons. The molecule has 2 amide bonds. The summed E-state index contributed by atoms with van der Waals surface area (Å²) >= 11 is 0. The molecule has 1 atom stereocenters. The molecule has 28 heavy (non-hydrogen) atoms. The summed E-state index contributed by atoms with van der Waals surface area (Å²) in [6, 6.07) is 14.1. The lowest BCUT2D eigenvalue weighted by atomic mass is 9.92. The van der Waals surface area contributed by atoms with Crippen molar-refractivity contribution in [3.05, 3.63) is 70.8 Å². The number of hydrogen-bond donors (Lipinski definition) is 2. The molecule has 1 unspecified atom stereocenters. The zero-order chi connectivity index (χ0) is 20.1. The SMILES string of the molecule is CCOC(=O)C1=C(c2ccc(OC)cc2)NC(=O)NC1c1ccc(CC)cc1. The summed E-state index contributed by atoms with van der Waals surface area (Å²) in [7, 11) is 1.58. The van der Waals surface area contributed by atoms with Gasteiger partial charge in [0.25, 0.3) is 0 Å². The molecule has 6 nitrogen and oxygen atoms in total. The summed E-state index contributed by atoms with van der Waals surface area (Å²) in [6.45, 7) is 4.08. The summed E-state index contributed by atoms with van der Waals surface area (Å²) in [6.07, 6.45) is 0.913. The Kier molecular flexibility index (Phi) is 5.99. The molecule has 0 aromatic heterocycles. The smallest absolute Gasteiger partial charge is 0.338 e. The van der Waals surface area contributed by atoms with Crippen molar-refractivity contribution in [3.63, 3.8) is 0 Å². The first-order valence-corrected chi connectivity index (χ1v) is 9.29. The van der Waals surface area contributed by atoms with Gasteiger partial charge in [-0.3, -0.25) is 0 Å². The van der Waals surface area contributed by atoms with Crippen LogP contribution in [-0.4, -0.2) is 25.7 Å². The number of methoxy groups -OCH3 is 1. The van der Waals surface area contributed by atoms with E-state index in [-0.39, 0.29) is 12.6 Å². The van der Waals surface area contributed by atoms with E-state index in [0.29, 0.717) is 22.6 Å². The number of urea groups is 1. The van der Waals surface area contributed by atoms with Crippen molar-refractivity contribution in [1.82, 2.24) is 10.6 Å². The van der Waals surface area contributed by atoms with E-state index < -0.39 is 12.0 Å². The maximum Gasteiger partial charge on any atom is 0.338 e. The summed E-state index contributed by atoms with van der Waals surface area (Å²) in [5.41, 5.74) is 3.52. The van der Waals surface area contributed by atoms with Gasteiger partial charge in [0.05, 0.1) is 31.0 Å². The third kappa shape index (κ3) is 4.01. The minimum Gasteiger partial charge on any atom is -0.497 e. The second kappa shape index (κ2) is 8.61. The Morgan fingerprint density at radius 1 is 1.04 bits per heavy atom. The van der Waals surface area contributed by atoms with Crippen LogP contribution in [0.5, 0.6) is 5.75 Å². The van der Waals surface area contributed by atoms with Gasteiger partial charge in [-0.2, -0.15) is 0 Å². The lowest BCUT2D eigenvalue weighted by Crippen LogP contribution is -2.45. The van der Waals surface area contributed by atoms with E-state index in [1.807, 2.05) is 24.3 Å². The van der Waals surface area contributed by atoms with Crippen molar-refractivity contribution in [2.75, 3.05) is 13.7 Å². The summed E-state index contributed by atoms with van der Waals surface area (Å²) in [5.74, 6) is 0.222. The van der Waals surface area contributed by atoms with E-state index in [0.717, 1.165) is 12.0 Å². The number of ether oxygens (including phenoxy) is 2. The molecule has 3 rings (SSSR count). The second-order valence-electron chi connectivity index (χ2n) is 6.36. The van der Waals surface area contributed by atoms with E-state index in [2.05, 4.69) is 17.6 Å². The molecule has 0 saturated heterocycles. The Hall–Kier alpha value is -3.28. The van der Waals surface area contributed by atoms with Crippen LogP contribution in [0.4, 0.5) is 4.79 Å². The van der Waals surface area contributed by atoms with Gasteiger partial charge in [0.2, 0.25) is 0 Å². The number of esters is 1. The summed E-state index contributed by atoms with van der Waals surface area (Å²) in [5, 5.41) is 5.62. The number of amides is 2. The van der Waals surface area contributed by atoms with Crippen LogP contribution in [-0.2, 0) is 16.0 Å². The van der Waals surface area contributed by atoms with E-state index in [1.54, 1.807) is 38.3 Å². The highest BCUT2D eigenvalue weighted by Gasteiger charge is 2.34. The highest BCUT2D eigenvalue weighted by molar-refractivity contribution is 6.04. The molecule has 2 N–H and O–H groups in total. The average molecular weight is 380 g/mol. The van der Waals surface area contributed by atoms with Gasteiger partial charge in [-0.15, -0.1) is 0 Å². The minimum absolute atomic E-state index is 0.244. The first kappa shape index (κ1) is 19.5. The molecular formula is C22H24N2O4.